The fourth-order valence-corrected chi connectivity index (χ4v) is 2.35. The van der Waals surface area contributed by atoms with Crippen molar-refractivity contribution in [1.29, 1.82) is 0 Å². The van der Waals surface area contributed by atoms with Crippen molar-refractivity contribution in [3.8, 4) is 0 Å². The standard InChI is InChI=1S/C19H24N2O10/c22-15-1-2-16(23)20(15)6-8-28-10-12-30-14-13-29-11-9-27-7-5-19(26)31-21-17(24)3-4-18(21)25/h1-4H,5-14H2. The molecule has 0 aromatic carbocycles. The number of hydroxylamine groups is 2. The number of carbonyl (C=O) groups excluding carboxylic acids is 5. The van der Waals surface area contributed by atoms with E-state index in [4.69, 9.17) is 18.9 Å². The van der Waals surface area contributed by atoms with E-state index in [2.05, 4.69) is 4.84 Å². The molecule has 170 valence electrons. The minimum Gasteiger partial charge on any atom is -0.378 e. The summed E-state index contributed by atoms with van der Waals surface area (Å²) in [7, 11) is 0. The second-order valence-electron chi connectivity index (χ2n) is 6.13. The van der Waals surface area contributed by atoms with Crippen LogP contribution in [-0.4, -0.2) is 99.0 Å². The summed E-state index contributed by atoms with van der Waals surface area (Å²) < 4.78 is 21.1. The summed E-state index contributed by atoms with van der Waals surface area (Å²) in [5, 5.41) is 0.392. The van der Waals surface area contributed by atoms with E-state index in [1.807, 2.05) is 0 Å². The van der Waals surface area contributed by atoms with Gasteiger partial charge in [0.15, 0.2) is 0 Å². The van der Waals surface area contributed by atoms with Crippen LogP contribution in [0.1, 0.15) is 6.42 Å². The number of hydrogen-bond acceptors (Lipinski definition) is 10. The zero-order chi connectivity index (χ0) is 22.5. The van der Waals surface area contributed by atoms with Crippen LogP contribution in [0.2, 0.25) is 0 Å². The van der Waals surface area contributed by atoms with E-state index in [0.29, 0.717) is 38.1 Å². The van der Waals surface area contributed by atoms with Crippen LogP contribution in [-0.2, 0) is 47.8 Å². The molecule has 0 aromatic heterocycles. The van der Waals surface area contributed by atoms with Crippen LogP contribution < -0.4 is 0 Å². The van der Waals surface area contributed by atoms with Crippen LogP contribution in [0, 0.1) is 0 Å². The van der Waals surface area contributed by atoms with Gasteiger partial charge in [-0.1, -0.05) is 5.06 Å². The lowest BCUT2D eigenvalue weighted by atomic mass is 10.5. The Kier molecular flexibility index (Phi) is 10.5. The van der Waals surface area contributed by atoms with E-state index in [1.165, 1.54) is 12.2 Å². The van der Waals surface area contributed by atoms with Gasteiger partial charge in [0, 0.05) is 24.3 Å². The molecule has 2 aliphatic heterocycles. The maximum absolute atomic E-state index is 11.5. The molecule has 0 bridgehead atoms. The predicted molar refractivity (Wildman–Crippen MR) is 101 cm³/mol. The van der Waals surface area contributed by atoms with Gasteiger partial charge in [-0.25, -0.2) is 4.79 Å². The summed E-state index contributed by atoms with van der Waals surface area (Å²) in [6.45, 7) is 2.44. The van der Waals surface area contributed by atoms with Gasteiger partial charge in [-0.05, 0) is 0 Å². The lowest BCUT2D eigenvalue weighted by Gasteiger charge is -2.13. The molecule has 0 spiro atoms. The van der Waals surface area contributed by atoms with Crippen LogP contribution >= 0.6 is 0 Å². The second-order valence-corrected chi connectivity index (χ2v) is 6.13. The van der Waals surface area contributed by atoms with Gasteiger partial charge in [0.1, 0.15) is 0 Å². The first kappa shape index (κ1) is 24.3. The Balaban J connectivity index is 1.31. The average molecular weight is 440 g/mol. The summed E-state index contributed by atoms with van der Waals surface area (Å²) in [5.41, 5.74) is 0. The van der Waals surface area contributed by atoms with Crippen molar-refractivity contribution in [1.82, 2.24) is 9.96 Å². The van der Waals surface area contributed by atoms with E-state index in [-0.39, 0.29) is 44.6 Å². The molecule has 2 rings (SSSR count). The van der Waals surface area contributed by atoms with E-state index < -0.39 is 17.8 Å². The highest BCUT2D eigenvalue weighted by molar-refractivity contribution is 6.13. The van der Waals surface area contributed by atoms with Crippen molar-refractivity contribution in [2.75, 3.05) is 59.4 Å². The third-order valence-electron chi connectivity index (χ3n) is 3.89. The first-order valence-corrected chi connectivity index (χ1v) is 9.60. The average Bonchev–Trinajstić information content (AvgIpc) is 3.23. The Morgan fingerprint density at radius 1 is 0.613 bits per heavy atom. The predicted octanol–water partition coefficient (Wildman–Crippen LogP) is -1.25. The number of hydrogen-bond donors (Lipinski definition) is 0. The number of carbonyl (C=O) groups is 5. The van der Waals surface area contributed by atoms with Crippen molar-refractivity contribution < 1.29 is 47.8 Å². The molecular formula is C19H24N2O10. The smallest absolute Gasteiger partial charge is 0.335 e. The Morgan fingerprint density at radius 3 is 1.55 bits per heavy atom. The zero-order valence-corrected chi connectivity index (χ0v) is 16.9. The van der Waals surface area contributed by atoms with Crippen molar-refractivity contribution in [3.05, 3.63) is 24.3 Å². The summed E-state index contributed by atoms with van der Waals surface area (Å²) in [5.74, 6) is -2.82. The van der Waals surface area contributed by atoms with Crippen LogP contribution in [0.15, 0.2) is 24.3 Å². The number of amides is 4. The first-order valence-electron chi connectivity index (χ1n) is 9.60. The third-order valence-corrected chi connectivity index (χ3v) is 3.89. The van der Waals surface area contributed by atoms with Crippen LogP contribution in [0.4, 0.5) is 0 Å². The largest absolute Gasteiger partial charge is 0.378 e. The fourth-order valence-electron chi connectivity index (χ4n) is 2.35. The van der Waals surface area contributed by atoms with Gasteiger partial charge in [0.25, 0.3) is 23.6 Å². The molecule has 2 heterocycles. The highest BCUT2D eigenvalue weighted by atomic mass is 16.7. The van der Waals surface area contributed by atoms with Crippen LogP contribution in [0.25, 0.3) is 0 Å². The topological polar surface area (TPSA) is 138 Å². The molecule has 0 aromatic rings. The molecule has 4 amide bonds. The third kappa shape index (κ3) is 8.76. The van der Waals surface area contributed by atoms with E-state index in [0.717, 1.165) is 17.1 Å². The molecule has 12 heteroatoms. The number of rotatable bonds is 16. The molecule has 12 nitrogen and oxygen atoms in total. The SMILES string of the molecule is O=C(CCOCCOCCOCCOCCN1C(=O)C=CC1=O)ON1C(=O)C=CC1=O. The number of nitrogens with zero attached hydrogens (tertiary/aromatic N) is 2. The van der Waals surface area contributed by atoms with Gasteiger partial charge in [0.05, 0.1) is 65.8 Å². The Morgan fingerprint density at radius 2 is 1.03 bits per heavy atom. The molecule has 2 aliphatic rings. The minimum absolute atomic E-state index is 0.0599. The number of ether oxygens (including phenoxy) is 4. The first-order chi connectivity index (χ1) is 15.0. The normalized spacial score (nSPS) is 15.6. The summed E-state index contributed by atoms with van der Waals surface area (Å²) >= 11 is 0. The van der Waals surface area contributed by atoms with Crippen molar-refractivity contribution in [2.24, 2.45) is 0 Å². The zero-order valence-electron chi connectivity index (χ0n) is 16.9. The molecule has 0 saturated carbocycles. The van der Waals surface area contributed by atoms with E-state index in [9.17, 15) is 24.0 Å². The van der Waals surface area contributed by atoms with Crippen molar-refractivity contribution in [3.63, 3.8) is 0 Å². The summed E-state index contributed by atoms with van der Waals surface area (Å²) in [6.07, 6.45) is 4.37. The Hall–Kier alpha value is -2.93. The Labute approximate surface area is 178 Å². The summed E-state index contributed by atoms with van der Waals surface area (Å²) in [6, 6.07) is 0. The monoisotopic (exact) mass is 440 g/mol. The number of imide groups is 2. The molecule has 0 aliphatic carbocycles. The second kappa shape index (κ2) is 13.4. The molecule has 0 N–H and O–H groups in total. The molecule has 0 radical (unpaired) electrons. The van der Waals surface area contributed by atoms with Gasteiger partial charge in [-0.15, -0.1) is 0 Å². The highest BCUT2D eigenvalue weighted by Crippen LogP contribution is 2.05. The molecular weight excluding hydrogens is 416 g/mol. The molecule has 0 unspecified atom stereocenters. The maximum atomic E-state index is 11.5. The lowest BCUT2D eigenvalue weighted by molar-refractivity contribution is -0.196. The van der Waals surface area contributed by atoms with Gasteiger partial charge in [-0.3, -0.25) is 24.1 Å². The molecule has 31 heavy (non-hydrogen) atoms. The summed E-state index contributed by atoms with van der Waals surface area (Å²) in [4.78, 5) is 62.4. The quantitative estimate of drug-likeness (QED) is 0.211. The maximum Gasteiger partial charge on any atom is 0.335 e. The van der Waals surface area contributed by atoms with Gasteiger partial charge in [-0.2, -0.15) is 0 Å². The fraction of sp³-hybridized carbons (Fsp3) is 0.526. The highest BCUT2D eigenvalue weighted by Gasteiger charge is 2.27. The van der Waals surface area contributed by atoms with Gasteiger partial charge >= 0.3 is 5.97 Å². The molecule has 0 saturated heterocycles. The van der Waals surface area contributed by atoms with Crippen LogP contribution in [0.5, 0.6) is 0 Å². The van der Waals surface area contributed by atoms with Gasteiger partial charge in [0.2, 0.25) is 0 Å². The minimum atomic E-state index is -0.753. The van der Waals surface area contributed by atoms with Crippen molar-refractivity contribution in [2.45, 2.75) is 6.42 Å². The lowest BCUT2D eigenvalue weighted by Crippen LogP contribution is -2.33. The van der Waals surface area contributed by atoms with E-state index >= 15 is 0 Å². The van der Waals surface area contributed by atoms with Gasteiger partial charge < -0.3 is 23.8 Å². The van der Waals surface area contributed by atoms with Crippen LogP contribution in [0.3, 0.4) is 0 Å². The van der Waals surface area contributed by atoms with E-state index in [1.54, 1.807) is 0 Å². The van der Waals surface area contributed by atoms with Crippen molar-refractivity contribution >= 4 is 29.6 Å². The molecule has 0 atom stereocenters. The molecule has 0 fully saturated rings. The Bertz CT molecular complexity index is 697.